The fourth-order valence-electron chi connectivity index (χ4n) is 1.91. The highest BCUT2D eigenvalue weighted by Crippen LogP contribution is 2.35. The second kappa shape index (κ2) is 3.82. The third kappa shape index (κ3) is 6.71. The number of rotatable bonds is 3. The fourth-order valence-corrected chi connectivity index (χ4v) is 2.34. The van der Waals surface area contributed by atoms with Crippen molar-refractivity contribution in [2.24, 2.45) is 10.8 Å². The number of hydrogen-bond donors (Lipinski definition) is 1. The average molecular weight is 188 g/mol. The molecule has 0 saturated carbocycles. The van der Waals surface area contributed by atoms with E-state index in [9.17, 15) is 4.79 Å². The van der Waals surface area contributed by atoms with Gasteiger partial charge in [0.25, 0.3) is 0 Å². The minimum atomic E-state index is -0.00995. The van der Waals surface area contributed by atoms with E-state index in [0.717, 1.165) is 6.42 Å². The van der Waals surface area contributed by atoms with Crippen LogP contribution in [-0.2, 0) is 4.79 Å². The third-order valence-corrected chi connectivity index (χ3v) is 1.80. The molecular weight excluding hydrogens is 168 g/mol. The molecule has 2 heteroatoms. The van der Waals surface area contributed by atoms with E-state index < -0.39 is 0 Å². The maximum Gasteiger partial charge on any atom is 0.186 e. The molecule has 0 aliphatic carbocycles. The molecule has 0 heterocycles. The average Bonchev–Trinajstić information content (AvgIpc) is 1.48. The smallest absolute Gasteiger partial charge is 0.186 e. The van der Waals surface area contributed by atoms with Crippen molar-refractivity contribution in [3.8, 4) is 0 Å². The second-order valence-electron chi connectivity index (χ2n) is 5.47. The molecule has 0 unspecified atom stereocenters. The number of carbonyl (C=O) groups excluding carboxylic acids is 1. The summed E-state index contributed by atoms with van der Waals surface area (Å²) >= 11 is 3.80. The van der Waals surface area contributed by atoms with Crippen LogP contribution in [0, 0.1) is 10.8 Å². The Morgan fingerprint density at radius 1 is 1.17 bits per heavy atom. The van der Waals surface area contributed by atoms with E-state index in [0.29, 0.717) is 6.42 Å². The lowest BCUT2D eigenvalue weighted by molar-refractivity contribution is -0.112. The maximum atomic E-state index is 10.8. The van der Waals surface area contributed by atoms with Gasteiger partial charge < -0.3 is 0 Å². The SMILES string of the molecule is CC(C)(C)CC(C)(C)CC(=O)S. The van der Waals surface area contributed by atoms with Gasteiger partial charge in [0.05, 0.1) is 0 Å². The Bertz CT molecular complexity index is 165. The molecule has 0 aromatic carbocycles. The van der Waals surface area contributed by atoms with E-state index >= 15 is 0 Å². The molecule has 0 saturated heterocycles. The molecule has 0 radical (unpaired) electrons. The van der Waals surface area contributed by atoms with Gasteiger partial charge in [0.15, 0.2) is 5.12 Å². The molecule has 0 aliphatic heterocycles. The van der Waals surface area contributed by atoms with Crippen molar-refractivity contribution in [2.45, 2.75) is 47.5 Å². The fraction of sp³-hybridized carbons (Fsp3) is 0.900. The monoisotopic (exact) mass is 188 g/mol. The first-order chi connectivity index (χ1) is 5.12. The standard InChI is InChI=1S/C10H20OS/c1-9(2,3)7-10(4,5)6-8(11)12/h6-7H2,1-5H3,(H,11,12). The van der Waals surface area contributed by atoms with Crippen molar-refractivity contribution in [2.75, 3.05) is 0 Å². The summed E-state index contributed by atoms with van der Waals surface area (Å²) in [5.41, 5.74) is 0.365. The molecule has 1 nitrogen and oxygen atoms in total. The highest BCUT2D eigenvalue weighted by molar-refractivity contribution is 7.96. The van der Waals surface area contributed by atoms with Gasteiger partial charge in [0.2, 0.25) is 0 Å². The molecule has 0 aromatic rings. The summed E-state index contributed by atoms with van der Waals surface area (Å²) in [6.45, 7) is 10.8. The van der Waals surface area contributed by atoms with Crippen molar-refractivity contribution >= 4 is 17.7 Å². The zero-order valence-corrected chi connectivity index (χ0v) is 9.66. The summed E-state index contributed by atoms with van der Waals surface area (Å²) in [7, 11) is 0. The van der Waals surface area contributed by atoms with Gasteiger partial charge in [-0.25, -0.2) is 0 Å². The Morgan fingerprint density at radius 2 is 1.58 bits per heavy atom. The quantitative estimate of drug-likeness (QED) is 0.672. The van der Waals surface area contributed by atoms with Crippen LogP contribution in [0.2, 0.25) is 0 Å². The summed E-state index contributed by atoms with van der Waals surface area (Å²) < 4.78 is 0. The Hall–Kier alpha value is 0.0200. The molecule has 0 rings (SSSR count). The van der Waals surface area contributed by atoms with E-state index in [1.807, 2.05) is 0 Å². The molecule has 0 bridgehead atoms. The highest BCUT2D eigenvalue weighted by atomic mass is 32.1. The normalized spacial score (nSPS) is 13.2. The van der Waals surface area contributed by atoms with Crippen LogP contribution in [0.4, 0.5) is 0 Å². The van der Waals surface area contributed by atoms with E-state index in [1.165, 1.54) is 0 Å². The van der Waals surface area contributed by atoms with Gasteiger partial charge in [0.1, 0.15) is 0 Å². The van der Waals surface area contributed by atoms with Gasteiger partial charge in [-0.15, -0.1) is 12.6 Å². The van der Waals surface area contributed by atoms with Crippen LogP contribution in [0.25, 0.3) is 0 Å². The molecule has 0 atom stereocenters. The Labute approximate surface area is 81.3 Å². The van der Waals surface area contributed by atoms with Gasteiger partial charge in [-0.1, -0.05) is 34.6 Å². The first-order valence-corrected chi connectivity index (χ1v) is 4.79. The van der Waals surface area contributed by atoms with Crippen LogP contribution in [0.15, 0.2) is 0 Å². The molecule has 0 aliphatic rings. The molecule has 0 aromatic heterocycles. The van der Waals surface area contributed by atoms with Gasteiger partial charge in [-0.3, -0.25) is 4.79 Å². The van der Waals surface area contributed by atoms with Crippen molar-refractivity contribution in [3.63, 3.8) is 0 Å². The minimum absolute atomic E-state index is 0.00995. The first kappa shape index (κ1) is 12.0. The van der Waals surface area contributed by atoms with Gasteiger partial charge in [0, 0.05) is 6.42 Å². The Kier molecular flexibility index (Phi) is 3.83. The zero-order valence-electron chi connectivity index (χ0n) is 8.77. The molecule has 0 amide bonds. The van der Waals surface area contributed by atoms with Crippen LogP contribution in [0.3, 0.4) is 0 Å². The summed E-state index contributed by atoms with van der Waals surface area (Å²) in [6, 6.07) is 0. The Morgan fingerprint density at radius 3 is 1.83 bits per heavy atom. The second-order valence-corrected chi connectivity index (χ2v) is 5.97. The van der Waals surface area contributed by atoms with Gasteiger partial charge >= 0.3 is 0 Å². The largest absolute Gasteiger partial charge is 0.287 e. The van der Waals surface area contributed by atoms with Crippen molar-refractivity contribution < 1.29 is 4.79 Å². The number of carbonyl (C=O) groups is 1. The molecular formula is C10H20OS. The lowest BCUT2D eigenvalue weighted by Gasteiger charge is -2.31. The zero-order chi connectivity index (χ0) is 9.99. The van der Waals surface area contributed by atoms with E-state index in [-0.39, 0.29) is 15.9 Å². The Balaban J connectivity index is 4.13. The highest BCUT2D eigenvalue weighted by Gasteiger charge is 2.26. The molecule has 72 valence electrons. The van der Waals surface area contributed by atoms with Crippen LogP contribution >= 0.6 is 12.6 Å². The number of thiol groups is 1. The summed E-state index contributed by atoms with van der Waals surface area (Å²) in [5.74, 6) is 0. The van der Waals surface area contributed by atoms with Crippen LogP contribution in [0.5, 0.6) is 0 Å². The van der Waals surface area contributed by atoms with E-state index in [2.05, 4.69) is 47.2 Å². The van der Waals surface area contributed by atoms with E-state index in [1.54, 1.807) is 0 Å². The van der Waals surface area contributed by atoms with E-state index in [4.69, 9.17) is 0 Å². The van der Waals surface area contributed by atoms with Crippen molar-refractivity contribution in [3.05, 3.63) is 0 Å². The molecule has 0 fully saturated rings. The van der Waals surface area contributed by atoms with Crippen molar-refractivity contribution in [1.82, 2.24) is 0 Å². The first-order valence-electron chi connectivity index (χ1n) is 4.34. The third-order valence-electron chi connectivity index (χ3n) is 1.64. The van der Waals surface area contributed by atoms with Gasteiger partial charge in [-0.2, -0.15) is 0 Å². The van der Waals surface area contributed by atoms with Crippen LogP contribution in [-0.4, -0.2) is 5.12 Å². The minimum Gasteiger partial charge on any atom is -0.287 e. The maximum absolute atomic E-state index is 10.8. The van der Waals surface area contributed by atoms with Gasteiger partial charge in [-0.05, 0) is 17.3 Å². The van der Waals surface area contributed by atoms with Crippen LogP contribution < -0.4 is 0 Å². The topological polar surface area (TPSA) is 17.1 Å². The summed E-state index contributed by atoms with van der Waals surface area (Å²) in [6.07, 6.45) is 1.61. The van der Waals surface area contributed by atoms with Crippen molar-refractivity contribution in [1.29, 1.82) is 0 Å². The number of hydrogen-bond acceptors (Lipinski definition) is 1. The lowest BCUT2D eigenvalue weighted by atomic mass is 9.75. The van der Waals surface area contributed by atoms with Crippen LogP contribution in [0.1, 0.15) is 47.5 Å². The summed E-state index contributed by atoms with van der Waals surface area (Å²) in [4.78, 5) is 10.8. The lowest BCUT2D eigenvalue weighted by Crippen LogP contribution is -2.22. The molecule has 0 spiro atoms. The summed E-state index contributed by atoms with van der Waals surface area (Å²) in [5, 5.41) is -0.00995. The predicted molar refractivity (Wildman–Crippen MR) is 56.5 cm³/mol. The molecule has 12 heavy (non-hydrogen) atoms. The predicted octanol–water partition coefficient (Wildman–Crippen LogP) is 3.30. The molecule has 0 N–H and O–H groups in total.